The number of pyridine rings is 1. The molecule has 0 atom stereocenters. The van der Waals surface area contributed by atoms with Gasteiger partial charge < -0.3 is 15.2 Å². The van der Waals surface area contributed by atoms with Gasteiger partial charge in [0.2, 0.25) is 0 Å². The Balaban J connectivity index is 1.49. The number of alkyl halides is 3. The second-order valence-electron chi connectivity index (χ2n) is 7.19. The fourth-order valence-corrected chi connectivity index (χ4v) is 3.38. The van der Waals surface area contributed by atoms with E-state index in [0.29, 0.717) is 12.2 Å². The Hall–Kier alpha value is -3.22. The lowest BCUT2D eigenvalue weighted by molar-refractivity contribution is -0.274. The van der Waals surface area contributed by atoms with Crippen LogP contribution in [-0.2, 0) is 5.41 Å². The molecule has 1 aliphatic rings. The average molecular weight is 400 g/mol. The molecule has 0 saturated heterocycles. The minimum Gasteiger partial charge on any atom is -0.508 e. The number of hydrogen-bond acceptors (Lipinski definition) is 4. The number of hydrogen-bond donors (Lipinski definition) is 2. The topological polar surface area (TPSA) is 54.4 Å². The van der Waals surface area contributed by atoms with E-state index in [1.54, 1.807) is 30.5 Å². The highest BCUT2D eigenvalue weighted by Crippen LogP contribution is 2.48. The normalized spacial score (nSPS) is 15.0. The molecule has 2 N–H and O–H groups in total. The average Bonchev–Trinajstić information content (AvgIpc) is 3.47. The third-order valence-corrected chi connectivity index (χ3v) is 5.07. The molecule has 4 rings (SSSR count). The van der Waals surface area contributed by atoms with Crippen molar-refractivity contribution >= 4 is 5.69 Å². The highest BCUT2D eigenvalue weighted by molar-refractivity contribution is 5.62. The number of nitrogens with one attached hydrogen (secondary N) is 1. The highest BCUT2D eigenvalue weighted by atomic mass is 19.4. The first-order valence-electron chi connectivity index (χ1n) is 9.19. The third kappa shape index (κ3) is 4.62. The van der Waals surface area contributed by atoms with Gasteiger partial charge in [0.15, 0.2) is 0 Å². The minimum atomic E-state index is -4.71. The molecule has 29 heavy (non-hydrogen) atoms. The van der Waals surface area contributed by atoms with Gasteiger partial charge in [-0.3, -0.25) is 4.98 Å². The van der Waals surface area contributed by atoms with Crippen molar-refractivity contribution < 1.29 is 23.0 Å². The number of anilines is 1. The first-order valence-corrected chi connectivity index (χ1v) is 9.19. The van der Waals surface area contributed by atoms with Crippen LogP contribution in [0.15, 0.2) is 66.9 Å². The smallest absolute Gasteiger partial charge is 0.508 e. The summed E-state index contributed by atoms with van der Waals surface area (Å²) in [6.45, 7) is 0.589. The number of aromatic nitrogens is 1. The van der Waals surface area contributed by atoms with Crippen LogP contribution >= 0.6 is 0 Å². The summed E-state index contributed by atoms with van der Waals surface area (Å²) in [5, 5.41) is 12.9. The molecule has 0 amide bonds. The number of phenolic OH excluding ortho intramolecular Hbond substituents is 1. The Kier molecular flexibility index (Phi) is 4.82. The molecule has 1 aromatic heterocycles. The summed E-state index contributed by atoms with van der Waals surface area (Å²) in [7, 11) is 0. The predicted molar refractivity (Wildman–Crippen MR) is 104 cm³/mol. The maximum atomic E-state index is 12.4. The quantitative estimate of drug-likeness (QED) is 0.574. The largest absolute Gasteiger partial charge is 0.573 e. The van der Waals surface area contributed by atoms with Gasteiger partial charge in [0.25, 0.3) is 0 Å². The first-order chi connectivity index (χ1) is 13.8. The molecule has 0 unspecified atom stereocenters. The summed E-state index contributed by atoms with van der Waals surface area (Å²) >= 11 is 0. The van der Waals surface area contributed by atoms with Gasteiger partial charge in [-0.05, 0) is 54.8 Å². The molecule has 1 saturated carbocycles. The van der Waals surface area contributed by atoms with Gasteiger partial charge in [-0.1, -0.05) is 18.2 Å². The van der Waals surface area contributed by atoms with Crippen LogP contribution in [0.1, 0.15) is 18.4 Å². The van der Waals surface area contributed by atoms with E-state index in [2.05, 4.69) is 15.0 Å². The predicted octanol–water partition coefficient (Wildman–Crippen LogP) is 5.50. The fraction of sp³-hybridized carbons (Fsp3) is 0.227. The number of aromatic hydroxyl groups is 1. The van der Waals surface area contributed by atoms with Crippen molar-refractivity contribution in [1.82, 2.24) is 4.98 Å². The lowest BCUT2D eigenvalue weighted by Crippen LogP contribution is -2.20. The monoisotopic (exact) mass is 400 g/mol. The molecule has 7 heteroatoms. The van der Waals surface area contributed by atoms with Crippen LogP contribution in [0.4, 0.5) is 18.9 Å². The van der Waals surface area contributed by atoms with Gasteiger partial charge in [0, 0.05) is 35.5 Å². The number of rotatable bonds is 6. The zero-order valence-electron chi connectivity index (χ0n) is 15.4. The van der Waals surface area contributed by atoms with Gasteiger partial charge >= 0.3 is 6.36 Å². The van der Waals surface area contributed by atoms with Crippen molar-refractivity contribution in [3.8, 4) is 22.8 Å². The molecule has 150 valence electrons. The molecule has 1 heterocycles. The van der Waals surface area contributed by atoms with Crippen molar-refractivity contribution in [3.63, 3.8) is 0 Å². The molecule has 0 aliphatic heterocycles. The molecule has 1 aliphatic carbocycles. The molecule has 1 fully saturated rings. The summed E-state index contributed by atoms with van der Waals surface area (Å²) in [6.07, 6.45) is -1.02. The molecule has 4 nitrogen and oxygen atoms in total. The Morgan fingerprint density at radius 3 is 2.55 bits per heavy atom. The van der Waals surface area contributed by atoms with Crippen LogP contribution in [0.25, 0.3) is 11.3 Å². The van der Waals surface area contributed by atoms with Gasteiger partial charge in [-0.2, -0.15) is 0 Å². The van der Waals surface area contributed by atoms with Gasteiger partial charge in [-0.25, -0.2) is 0 Å². The minimum absolute atomic E-state index is 0.0879. The standard InChI is InChI=1S/C22H19F3N2O2/c23-22(24,25)29-19-6-2-4-17(13-19)27-14-21(8-9-21)16-7-10-26-20(12-16)15-3-1-5-18(28)11-15/h1-7,10-13,27-28H,8-9,14H2. The van der Waals surface area contributed by atoms with Gasteiger partial charge in [-0.15, -0.1) is 13.2 Å². The Morgan fingerprint density at radius 2 is 1.83 bits per heavy atom. The number of ether oxygens (including phenoxy) is 1. The SMILES string of the molecule is Oc1cccc(-c2cc(C3(CNc4cccc(OC(F)(F)F)c4)CC3)ccn2)c1. The second kappa shape index (κ2) is 7.31. The van der Waals surface area contributed by atoms with E-state index in [4.69, 9.17) is 0 Å². The maximum absolute atomic E-state index is 12.4. The van der Waals surface area contributed by atoms with E-state index in [9.17, 15) is 18.3 Å². The van der Waals surface area contributed by atoms with Gasteiger partial charge in [0.05, 0.1) is 5.69 Å². The molecule has 0 bridgehead atoms. The van der Waals surface area contributed by atoms with Crippen molar-refractivity contribution in [1.29, 1.82) is 0 Å². The van der Waals surface area contributed by atoms with Crippen molar-refractivity contribution in [3.05, 3.63) is 72.4 Å². The van der Waals surface area contributed by atoms with Gasteiger partial charge in [0.1, 0.15) is 11.5 Å². The fourth-order valence-electron chi connectivity index (χ4n) is 3.38. The number of halogens is 3. The molecule has 0 spiro atoms. The van der Waals surface area contributed by atoms with Crippen molar-refractivity contribution in [2.45, 2.75) is 24.6 Å². The second-order valence-corrected chi connectivity index (χ2v) is 7.19. The molecule has 2 aromatic carbocycles. The van der Waals surface area contributed by atoms with E-state index in [0.717, 1.165) is 29.7 Å². The Bertz CT molecular complexity index is 1020. The van der Waals surface area contributed by atoms with Crippen molar-refractivity contribution in [2.75, 3.05) is 11.9 Å². The van der Waals surface area contributed by atoms with Crippen LogP contribution in [0, 0.1) is 0 Å². The first kappa shape index (κ1) is 19.1. The summed E-state index contributed by atoms with van der Waals surface area (Å²) in [4.78, 5) is 4.40. The van der Waals surface area contributed by atoms with Crippen LogP contribution in [0.2, 0.25) is 0 Å². The molecular weight excluding hydrogens is 381 g/mol. The molecule has 3 aromatic rings. The van der Waals surface area contributed by atoms with E-state index in [-0.39, 0.29) is 16.9 Å². The van der Waals surface area contributed by atoms with Crippen LogP contribution in [0.5, 0.6) is 11.5 Å². The number of benzene rings is 2. The summed E-state index contributed by atoms with van der Waals surface area (Å²) in [5.41, 5.74) is 3.19. The van der Waals surface area contributed by atoms with E-state index in [1.807, 2.05) is 18.2 Å². The maximum Gasteiger partial charge on any atom is 0.573 e. The van der Waals surface area contributed by atoms with E-state index >= 15 is 0 Å². The summed E-state index contributed by atoms with van der Waals surface area (Å²) < 4.78 is 41.2. The summed E-state index contributed by atoms with van der Waals surface area (Å²) in [5.74, 6) is -0.0686. The zero-order valence-corrected chi connectivity index (χ0v) is 15.4. The lowest BCUT2D eigenvalue weighted by atomic mass is 9.95. The lowest BCUT2D eigenvalue weighted by Gasteiger charge is -2.19. The van der Waals surface area contributed by atoms with Crippen molar-refractivity contribution in [2.24, 2.45) is 0 Å². The highest BCUT2D eigenvalue weighted by Gasteiger charge is 2.44. The Morgan fingerprint density at radius 1 is 1.03 bits per heavy atom. The number of phenols is 1. The Labute approximate surface area is 166 Å². The number of nitrogens with zero attached hydrogens (tertiary/aromatic N) is 1. The van der Waals surface area contributed by atoms with E-state index in [1.165, 1.54) is 18.2 Å². The molecular formula is C22H19F3N2O2. The van der Waals surface area contributed by atoms with Crippen LogP contribution in [-0.4, -0.2) is 23.0 Å². The van der Waals surface area contributed by atoms with Crippen LogP contribution in [0.3, 0.4) is 0 Å². The molecule has 0 radical (unpaired) electrons. The third-order valence-electron chi connectivity index (χ3n) is 5.07. The zero-order chi connectivity index (χ0) is 20.5. The van der Waals surface area contributed by atoms with E-state index < -0.39 is 6.36 Å². The summed E-state index contributed by atoms with van der Waals surface area (Å²) in [6, 6.07) is 16.7. The van der Waals surface area contributed by atoms with Crippen LogP contribution < -0.4 is 10.1 Å².